The monoisotopic (exact) mass is 342 g/mol. The summed E-state index contributed by atoms with van der Waals surface area (Å²) in [7, 11) is -2.53. The Morgan fingerprint density at radius 3 is 1.75 bits per heavy atom. The second-order valence-electron chi connectivity index (χ2n) is 7.64. The Balaban J connectivity index is 2.07. The molecule has 0 aromatic heterocycles. The standard InChI is InChI=1S/C20H26O3Si/c1-19(2,3)24(16-11-7-5-8-12-16,17-13-9-6-10-14-17)22-15-18-20(4,21)23-18/h5-14,18,21H,15H2,1-4H3/t18-,20+/m1/s1. The van der Waals surface area contributed by atoms with E-state index < -0.39 is 14.1 Å². The molecule has 0 saturated carbocycles. The lowest BCUT2D eigenvalue weighted by molar-refractivity contribution is 0.0548. The van der Waals surface area contributed by atoms with Gasteiger partial charge in [0.05, 0.1) is 6.61 Å². The number of aliphatic hydroxyl groups is 1. The molecule has 0 spiro atoms. The number of hydrogen-bond donors (Lipinski definition) is 1. The van der Waals surface area contributed by atoms with Gasteiger partial charge in [0.15, 0.2) is 5.79 Å². The van der Waals surface area contributed by atoms with Crippen molar-refractivity contribution in [3.8, 4) is 0 Å². The van der Waals surface area contributed by atoms with E-state index in [1.165, 1.54) is 10.4 Å². The fourth-order valence-electron chi connectivity index (χ4n) is 3.40. The highest BCUT2D eigenvalue weighted by Crippen LogP contribution is 2.39. The smallest absolute Gasteiger partial charge is 0.261 e. The van der Waals surface area contributed by atoms with Gasteiger partial charge in [0, 0.05) is 0 Å². The van der Waals surface area contributed by atoms with Crippen LogP contribution in [0.4, 0.5) is 0 Å². The number of ether oxygens (including phenoxy) is 1. The summed E-state index contributed by atoms with van der Waals surface area (Å²) >= 11 is 0. The third kappa shape index (κ3) is 3.07. The van der Waals surface area contributed by atoms with Gasteiger partial charge in [-0.25, -0.2) is 0 Å². The van der Waals surface area contributed by atoms with E-state index in [1.807, 2.05) is 12.1 Å². The third-order valence-corrected chi connectivity index (χ3v) is 9.79. The van der Waals surface area contributed by atoms with Crippen LogP contribution in [0.3, 0.4) is 0 Å². The summed E-state index contributed by atoms with van der Waals surface area (Å²) in [4.78, 5) is 0. The van der Waals surface area contributed by atoms with Gasteiger partial charge in [-0.05, 0) is 22.3 Å². The third-order valence-electron chi connectivity index (χ3n) is 4.79. The molecule has 0 unspecified atom stereocenters. The molecule has 128 valence electrons. The quantitative estimate of drug-likeness (QED) is 0.671. The second kappa shape index (κ2) is 6.12. The highest BCUT2D eigenvalue weighted by Gasteiger charge is 2.55. The van der Waals surface area contributed by atoms with Gasteiger partial charge in [-0.15, -0.1) is 0 Å². The maximum Gasteiger partial charge on any atom is 0.261 e. The van der Waals surface area contributed by atoms with Crippen LogP contribution in [0.15, 0.2) is 60.7 Å². The second-order valence-corrected chi connectivity index (χ2v) is 11.9. The first kappa shape index (κ1) is 17.4. The fourth-order valence-corrected chi connectivity index (χ4v) is 7.96. The van der Waals surface area contributed by atoms with Crippen molar-refractivity contribution in [1.82, 2.24) is 0 Å². The minimum absolute atomic E-state index is 0.0591. The SMILES string of the molecule is CC(C)(C)[Si](OC[C@H]1O[C@]1(C)O)(c1ccccc1)c1ccccc1. The molecule has 3 rings (SSSR count). The van der Waals surface area contributed by atoms with Gasteiger partial charge in [-0.3, -0.25) is 0 Å². The minimum Gasteiger partial charge on any atom is -0.405 e. The van der Waals surface area contributed by atoms with E-state index in [0.29, 0.717) is 6.61 Å². The molecule has 1 saturated heterocycles. The molecule has 1 fully saturated rings. The van der Waals surface area contributed by atoms with E-state index in [4.69, 9.17) is 9.16 Å². The summed E-state index contributed by atoms with van der Waals surface area (Å²) in [5, 5.41) is 12.4. The van der Waals surface area contributed by atoms with Crippen LogP contribution in [0.1, 0.15) is 27.7 Å². The molecule has 1 N–H and O–H groups in total. The van der Waals surface area contributed by atoms with E-state index in [-0.39, 0.29) is 11.1 Å². The highest BCUT2D eigenvalue weighted by atomic mass is 28.4. The van der Waals surface area contributed by atoms with Gasteiger partial charge in [0.1, 0.15) is 6.10 Å². The summed E-state index contributed by atoms with van der Waals surface area (Å²) in [6.45, 7) is 8.81. The normalized spacial score (nSPS) is 24.0. The van der Waals surface area contributed by atoms with Crippen LogP contribution in [0.25, 0.3) is 0 Å². The molecule has 1 heterocycles. The van der Waals surface area contributed by atoms with Crippen molar-refractivity contribution in [3.05, 3.63) is 60.7 Å². The van der Waals surface area contributed by atoms with Gasteiger partial charge in [-0.1, -0.05) is 81.4 Å². The Labute approximate surface area is 145 Å². The molecule has 2 aromatic carbocycles. The molecular formula is C20H26O3Si. The van der Waals surface area contributed by atoms with Crippen molar-refractivity contribution in [1.29, 1.82) is 0 Å². The average molecular weight is 343 g/mol. The minimum atomic E-state index is -2.53. The van der Waals surface area contributed by atoms with Crippen molar-refractivity contribution >= 4 is 18.7 Å². The first-order valence-corrected chi connectivity index (χ1v) is 10.3. The van der Waals surface area contributed by atoms with Crippen molar-refractivity contribution < 1.29 is 14.3 Å². The van der Waals surface area contributed by atoms with Crippen LogP contribution in [-0.2, 0) is 9.16 Å². The Morgan fingerprint density at radius 2 is 1.42 bits per heavy atom. The van der Waals surface area contributed by atoms with Gasteiger partial charge < -0.3 is 14.3 Å². The average Bonchev–Trinajstić information content (AvgIpc) is 3.16. The molecule has 3 nitrogen and oxygen atoms in total. The highest BCUT2D eigenvalue weighted by molar-refractivity contribution is 6.99. The lowest BCUT2D eigenvalue weighted by Crippen LogP contribution is -2.67. The number of epoxide rings is 1. The maximum atomic E-state index is 9.95. The zero-order chi connectivity index (χ0) is 17.4. The van der Waals surface area contributed by atoms with Crippen LogP contribution < -0.4 is 10.4 Å². The van der Waals surface area contributed by atoms with Crippen LogP contribution in [0.5, 0.6) is 0 Å². The molecule has 0 bridgehead atoms. The number of rotatable bonds is 5. The zero-order valence-electron chi connectivity index (χ0n) is 14.8. The summed E-state index contributed by atoms with van der Waals surface area (Å²) in [5.41, 5.74) is 0. The molecule has 1 aliphatic heterocycles. The van der Waals surface area contributed by atoms with Crippen LogP contribution in [0.2, 0.25) is 5.04 Å². The van der Waals surface area contributed by atoms with E-state index >= 15 is 0 Å². The molecule has 2 aromatic rings. The Bertz CT molecular complexity index is 638. The van der Waals surface area contributed by atoms with Crippen molar-refractivity contribution in [2.24, 2.45) is 0 Å². The molecule has 2 atom stereocenters. The predicted molar refractivity (Wildman–Crippen MR) is 99.1 cm³/mol. The molecule has 0 amide bonds. The lowest BCUT2D eigenvalue weighted by Gasteiger charge is -2.43. The van der Waals surface area contributed by atoms with Crippen LogP contribution in [-0.4, -0.2) is 31.9 Å². The Kier molecular flexibility index (Phi) is 4.42. The van der Waals surface area contributed by atoms with Crippen molar-refractivity contribution in [2.75, 3.05) is 6.61 Å². The summed E-state index contributed by atoms with van der Waals surface area (Å²) in [6, 6.07) is 21.0. The van der Waals surface area contributed by atoms with Gasteiger partial charge in [0.2, 0.25) is 0 Å². The largest absolute Gasteiger partial charge is 0.405 e. The van der Waals surface area contributed by atoms with Crippen LogP contribution in [0, 0.1) is 0 Å². The fraction of sp³-hybridized carbons (Fsp3) is 0.400. The Morgan fingerprint density at radius 1 is 1.00 bits per heavy atom. The first-order valence-electron chi connectivity index (χ1n) is 8.42. The lowest BCUT2D eigenvalue weighted by atomic mass is 10.2. The zero-order valence-corrected chi connectivity index (χ0v) is 15.8. The summed E-state index contributed by atoms with van der Waals surface area (Å²) in [6.07, 6.45) is -0.251. The Hall–Kier alpha value is -1.46. The van der Waals surface area contributed by atoms with Gasteiger partial charge >= 0.3 is 0 Å². The summed E-state index contributed by atoms with van der Waals surface area (Å²) in [5.74, 6) is -1.05. The molecular weight excluding hydrogens is 316 g/mol. The van der Waals surface area contributed by atoms with E-state index in [1.54, 1.807) is 6.92 Å². The van der Waals surface area contributed by atoms with Crippen molar-refractivity contribution in [2.45, 2.75) is 44.6 Å². The predicted octanol–water partition coefficient (Wildman–Crippen LogP) is 2.67. The molecule has 24 heavy (non-hydrogen) atoms. The topological polar surface area (TPSA) is 42.0 Å². The van der Waals surface area contributed by atoms with Gasteiger partial charge in [0.25, 0.3) is 8.32 Å². The maximum absolute atomic E-state index is 9.95. The van der Waals surface area contributed by atoms with E-state index in [0.717, 1.165) is 0 Å². The van der Waals surface area contributed by atoms with Crippen LogP contribution >= 0.6 is 0 Å². The van der Waals surface area contributed by atoms with Crippen molar-refractivity contribution in [3.63, 3.8) is 0 Å². The molecule has 0 radical (unpaired) electrons. The van der Waals surface area contributed by atoms with E-state index in [9.17, 15) is 5.11 Å². The molecule has 1 aliphatic rings. The number of benzene rings is 2. The molecule has 0 aliphatic carbocycles. The molecule has 4 heteroatoms. The van der Waals surface area contributed by atoms with E-state index in [2.05, 4.69) is 69.3 Å². The summed E-state index contributed by atoms with van der Waals surface area (Å²) < 4.78 is 12.0. The van der Waals surface area contributed by atoms with Gasteiger partial charge in [-0.2, -0.15) is 0 Å². The number of hydrogen-bond acceptors (Lipinski definition) is 3. The first-order chi connectivity index (χ1) is 11.3.